The summed E-state index contributed by atoms with van der Waals surface area (Å²) in [6, 6.07) is 7.45. The van der Waals surface area contributed by atoms with Crippen molar-refractivity contribution in [2.75, 3.05) is 0 Å². The molecule has 1 N–H and O–H groups in total. The first-order valence-electron chi connectivity index (χ1n) is 5.94. The van der Waals surface area contributed by atoms with Crippen LogP contribution in [0.15, 0.2) is 30.6 Å². The highest BCUT2D eigenvalue weighted by atomic mass is 16.5. The zero-order valence-electron chi connectivity index (χ0n) is 10.6. The normalized spacial score (nSPS) is 12.4. The van der Waals surface area contributed by atoms with E-state index in [0.29, 0.717) is 13.0 Å². The third-order valence-electron chi connectivity index (χ3n) is 2.82. The van der Waals surface area contributed by atoms with Crippen LogP contribution < -0.4 is 4.74 Å². The Labute approximate surface area is 106 Å². The fourth-order valence-corrected chi connectivity index (χ4v) is 1.61. The molecule has 5 heteroatoms. The number of ether oxygens (including phenoxy) is 1. The molecule has 1 atom stereocenters. The fraction of sp³-hybridized carbons (Fsp3) is 0.385. The molecule has 0 saturated carbocycles. The van der Waals surface area contributed by atoms with Crippen LogP contribution in [0.1, 0.15) is 30.8 Å². The molecule has 5 nitrogen and oxygen atoms in total. The maximum absolute atomic E-state index is 9.67. The lowest BCUT2D eigenvalue weighted by molar-refractivity contribution is 0.173. The molecular formula is C13H17N3O2. The molecule has 1 heterocycles. The van der Waals surface area contributed by atoms with Crippen molar-refractivity contribution in [2.45, 2.75) is 26.1 Å². The van der Waals surface area contributed by atoms with E-state index < -0.39 is 6.10 Å². The molecule has 1 aromatic heterocycles. The Hall–Kier alpha value is -1.88. The van der Waals surface area contributed by atoms with Gasteiger partial charge in [0.1, 0.15) is 18.7 Å². The second-order valence-corrected chi connectivity index (χ2v) is 4.14. The van der Waals surface area contributed by atoms with Gasteiger partial charge in [-0.3, -0.25) is 0 Å². The predicted molar refractivity (Wildman–Crippen MR) is 67.0 cm³/mol. The van der Waals surface area contributed by atoms with Gasteiger partial charge in [0.15, 0.2) is 5.82 Å². The van der Waals surface area contributed by atoms with Gasteiger partial charge in [0.05, 0.1) is 6.10 Å². The van der Waals surface area contributed by atoms with Crippen molar-refractivity contribution >= 4 is 0 Å². The van der Waals surface area contributed by atoms with Gasteiger partial charge in [-0.2, -0.15) is 0 Å². The maximum Gasteiger partial charge on any atom is 0.170 e. The number of aryl methyl sites for hydroxylation is 1. The summed E-state index contributed by atoms with van der Waals surface area (Å²) in [6.45, 7) is 2.33. The highest BCUT2D eigenvalue weighted by molar-refractivity contribution is 5.28. The first-order valence-corrected chi connectivity index (χ1v) is 5.94. The van der Waals surface area contributed by atoms with E-state index in [9.17, 15) is 5.11 Å². The fourth-order valence-electron chi connectivity index (χ4n) is 1.61. The molecule has 0 amide bonds. The lowest BCUT2D eigenvalue weighted by atomic mass is 10.1. The van der Waals surface area contributed by atoms with E-state index in [1.165, 1.54) is 0 Å². The Morgan fingerprint density at radius 1 is 1.33 bits per heavy atom. The summed E-state index contributed by atoms with van der Waals surface area (Å²) >= 11 is 0. The van der Waals surface area contributed by atoms with Crippen molar-refractivity contribution in [3.8, 4) is 5.75 Å². The topological polar surface area (TPSA) is 60.2 Å². The van der Waals surface area contributed by atoms with Crippen LogP contribution >= 0.6 is 0 Å². The second-order valence-electron chi connectivity index (χ2n) is 4.14. The molecular weight excluding hydrogens is 230 g/mol. The largest absolute Gasteiger partial charge is 0.486 e. The molecule has 2 aromatic rings. The average molecular weight is 247 g/mol. The van der Waals surface area contributed by atoms with Gasteiger partial charge in [-0.25, -0.2) is 0 Å². The summed E-state index contributed by atoms with van der Waals surface area (Å²) in [5.74, 6) is 1.53. The van der Waals surface area contributed by atoms with Crippen LogP contribution in [0.25, 0.3) is 0 Å². The molecule has 0 radical (unpaired) electrons. The summed E-state index contributed by atoms with van der Waals surface area (Å²) in [6.07, 6.45) is 1.94. The average Bonchev–Trinajstić information content (AvgIpc) is 2.81. The molecule has 96 valence electrons. The zero-order chi connectivity index (χ0) is 13.0. The van der Waals surface area contributed by atoms with Gasteiger partial charge in [-0.1, -0.05) is 19.1 Å². The summed E-state index contributed by atoms with van der Waals surface area (Å²) in [4.78, 5) is 0. The molecule has 0 aliphatic carbocycles. The van der Waals surface area contributed by atoms with E-state index in [1.807, 2.05) is 42.8 Å². The van der Waals surface area contributed by atoms with Crippen molar-refractivity contribution in [2.24, 2.45) is 7.05 Å². The molecule has 0 aliphatic heterocycles. The summed E-state index contributed by atoms with van der Waals surface area (Å²) < 4.78 is 7.41. The standard InChI is InChI=1S/C13H17N3O2/c1-3-12(17)10-4-6-11(7-5-10)18-8-13-15-14-9-16(13)2/h4-7,9,12,17H,3,8H2,1-2H3/t12-/m1/s1. The van der Waals surface area contributed by atoms with Crippen molar-refractivity contribution in [3.05, 3.63) is 42.0 Å². The summed E-state index contributed by atoms with van der Waals surface area (Å²) in [5, 5.41) is 17.4. The van der Waals surface area contributed by atoms with E-state index in [2.05, 4.69) is 10.2 Å². The molecule has 0 saturated heterocycles. The lowest BCUT2D eigenvalue weighted by Gasteiger charge is -2.09. The number of hydrogen-bond acceptors (Lipinski definition) is 4. The smallest absolute Gasteiger partial charge is 0.170 e. The van der Waals surface area contributed by atoms with Crippen LogP contribution in [-0.4, -0.2) is 19.9 Å². The summed E-state index contributed by atoms with van der Waals surface area (Å²) in [5.41, 5.74) is 0.906. The van der Waals surface area contributed by atoms with Crippen molar-refractivity contribution in [3.63, 3.8) is 0 Å². The highest BCUT2D eigenvalue weighted by Crippen LogP contribution is 2.20. The lowest BCUT2D eigenvalue weighted by Crippen LogP contribution is -2.03. The molecule has 0 bridgehead atoms. The number of aliphatic hydroxyl groups is 1. The Bertz CT molecular complexity index is 493. The Balaban J connectivity index is 1.96. The van der Waals surface area contributed by atoms with Gasteiger partial charge >= 0.3 is 0 Å². The van der Waals surface area contributed by atoms with E-state index in [4.69, 9.17) is 4.74 Å². The van der Waals surface area contributed by atoms with Crippen LogP contribution in [0.2, 0.25) is 0 Å². The van der Waals surface area contributed by atoms with E-state index >= 15 is 0 Å². The first-order chi connectivity index (χ1) is 8.70. The minimum Gasteiger partial charge on any atom is -0.486 e. The molecule has 0 unspecified atom stereocenters. The van der Waals surface area contributed by atoms with Gasteiger partial charge < -0.3 is 14.4 Å². The molecule has 0 fully saturated rings. The molecule has 2 rings (SSSR count). The van der Waals surface area contributed by atoms with Gasteiger partial charge in [0, 0.05) is 7.05 Å². The molecule has 0 spiro atoms. The van der Waals surface area contributed by atoms with Crippen molar-refractivity contribution < 1.29 is 9.84 Å². The minimum atomic E-state index is -0.405. The van der Waals surface area contributed by atoms with Gasteiger partial charge in [0.2, 0.25) is 0 Å². The number of nitrogens with zero attached hydrogens (tertiary/aromatic N) is 3. The highest BCUT2D eigenvalue weighted by Gasteiger charge is 2.05. The van der Waals surface area contributed by atoms with Gasteiger partial charge in [-0.15, -0.1) is 10.2 Å². The minimum absolute atomic E-state index is 0.381. The quantitative estimate of drug-likeness (QED) is 0.875. The Morgan fingerprint density at radius 2 is 2.06 bits per heavy atom. The van der Waals surface area contributed by atoms with E-state index in [0.717, 1.165) is 17.1 Å². The number of aromatic nitrogens is 3. The van der Waals surface area contributed by atoms with E-state index in [1.54, 1.807) is 6.33 Å². The van der Waals surface area contributed by atoms with Crippen LogP contribution in [0.3, 0.4) is 0 Å². The van der Waals surface area contributed by atoms with Crippen LogP contribution in [0.5, 0.6) is 5.75 Å². The van der Waals surface area contributed by atoms with Gasteiger partial charge in [0.25, 0.3) is 0 Å². The van der Waals surface area contributed by atoms with Crippen LogP contribution in [0.4, 0.5) is 0 Å². The number of rotatable bonds is 5. The number of aliphatic hydroxyl groups excluding tert-OH is 1. The van der Waals surface area contributed by atoms with Crippen molar-refractivity contribution in [1.82, 2.24) is 14.8 Å². The Morgan fingerprint density at radius 3 is 2.61 bits per heavy atom. The predicted octanol–water partition coefficient (Wildman–Crippen LogP) is 1.84. The monoisotopic (exact) mass is 247 g/mol. The van der Waals surface area contributed by atoms with Gasteiger partial charge in [-0.05, 0) is 24.1 Å². The third kappa shape index (κ3) is 2.87. The molecule has 1 aromatic carbocycles. The maximum atomic E-state index is 9.67. The second kappa shape index (κ2) is 5.64. The van der Waals surface area contributed by atoms with Crippen molar-refractivity contribution in [1.29, 1.82) is 0 Å². The summed E-state index contributed by atoms with van der Waals surface area (Å²) in [7, 11) is 1.87. The Kier molecular flexibility index (Phi) is 3.94. The van der Waals surface area contributed by atoms with E-state index in [-0.39, 0.29) is 0 Å². The first kappa shape index (κ1) is 12.6. The molecule has 18 heavy (non-hydrogen) atoms. The zero-order valence-corrected chi connectivity index (χ0v) is 10.6. The third-order valence-corrected chi connectivity index (χ3v) is 2.82. The number of benzene rings is 1. The number of hydrogen-bond donors (Lipinski definition) is 1. The molecule has 0 aliphatic rings. The van der Waals surface area contributed by atoms with Crippen LogP contribution in [-0.2, 0) is 13.7 Å². The van der Waals surface area contributed by atoms with Crippen LogP contribution in [0, 0.1) is 0 Å². The SMILES string of the molecule is CC[C@@H](O)c1ccc(OCc2nncn2C)cc1.